The van der Waals surface area contributed by atoms with Crippen LogP contribution in [0, 0.1) is 46.4 Å². The molecule has 0 amide bonds. The number of nitriles is 1. The molecule has 0 heterocycles. The van der Waals surface area contributed by atoms with Crippen molar-refractivity contribution in [3.05, 3.63) is 64.2 Å². The highest BCUT2D eigenvalue weighted by Crippen LogP contribution is 2.23. The summed E-state index contributed by atoms with van der Waals surface area (Å²) < 4.78 is 59.2. The topological polar surface area (TPSA) is 50.1 Å². The third-order valence-corrected chi connectivity index (χ3v) is 2.85. The smallest absolute Gasteiger partial charge is 0.349 e. The Morgan fingerprint density at radius 1 is 1.00 bits per heavy atom. The van der Waals surface area contributed by atoms with Gasteiger partial charge in [0, 0.05) is 17.7 Å². The van der Waals surface area contributed by atoms with E-state index in [-0.39, 0.29) is 13.0 Å². The number of halogens is 4. The Kier molecular flexibility index (Phi) is 6.30. The third-order valence-electron chi connectivity index (χ3n) is 2.85. The summed E-state index contributed by atoms with van der Waals surface area (Å²) in [5.74, 6) is -2.25. The molecule has 25 heavy (non-hydrogen) atoms. The van der Waals surface area contributed by atoms with Crippen molar-refractivity contribution in [2.75, 3.05) is 0 Å². The minimum absolute atomic E-state index is 0. The van der Waals surface area contributed by atoms with E-state index >= 15 is 0 Å². The molecule has 0 radical (unpaired) electrons. The molecule has 0 saturated carbocycles. The van der Waals surface area contributed by atoms with E-state index in [1.807, 2.05) is 0 Å². The average molecular weight is 349 g/mol. The van der Waals surface area contributed by atoms with Crippen molar-refractivity contribution in [1.29, 1.82) is 5.26 Å². The molecule has 0 aliphatic carbocycles. The Morgan fingerprint density at radius 3 is 1.96 bits per heavy atom. The summed E-state index contributed by atoms with van der Waals surface area (Å²) in [6.07, 6.45) is 0. The van der Waals surface area contributed by atoms with E-state index in [0.29, 0.717) is 12.1 Å². The number of carbonyl (C=O) groups is 1. The standard InChI is InChI=1S/C17H7F4NO2.CH4/c1-2-3-9-4-14(20)16(15(21)5-9)17(23)24-10-6-12(18)11(8-22)13(19)7-10;/h4-7H,1H3;1H4. The predicted molar refractivity (Wildman–Crippen MR) is 81.7 cm³/mol. The number of rotatable bonds is 2. The molecular weight excluding hydrogens is 338 g/mol. The number of hydrogen-bond acceptors (Lipinski definition) is 3. The number of benzene rings is 2. The molecule has 0 spiro atoms. The minimum Gasteiger partial charge on any atom is -0.423 e. The van der Waals surface area contributed by atoms with Crippen LogP contribution in [0.2, 0.25) is 0 Å². The van der Waals surface area contributed by atoms with Crippen LogP contribution in [0.1, 0.15) is 35.8 Å². The van der Waals surface area contributed by atoms with E-state index in [9.17, 15) is 22.4 Å². The Labute approximate surface area is 141 Å². The molecule has 0 aromatic heterocycles. The molecular formula is C18H11F4NO2. The van der Waals surface area contributed by atoms with Gasteiger partial charge in [0.2, 0.25) is 0 Å². The summed E-state index contributed by atoms with van der Waals surface area (Å²) in [4.78, 5) is 11.9. The Morgan fingerprint density at radius 2 is 1.52 bits per heavy atom. The van der Waals surface area contributed by atoms with Crippen LogP contribution in [0.25, 0.3) is 0 Å². The van der Waals surface area contributed by atoms with Gasteiger partial charge in [-0.05, 0) is 19.1 Å². The van der Waals surface area contributed by atoms with Gasteiger partial charge in [0.15, 0.2) is 0 Å². The SMILES string of the molecule is C.CC#Cc1cc(F)c(C(=O)Oc2cc(F)c(C#N)c(F)c2)c(F)c1. The van der Waals surface area contributed by atoms with E-state index in [1.165, 1.54) is 13.0 Å². The van der Waals surface area contributed by atoms with Crippen molar-refractivity contribution in [1.82, 2.24) is 0 Å². The Hall–Kier alpha value is -3.32. The summed E-state index contributed by atoms with van der Waals surface area (Å²) >= 11 is 0. The molecule has 0 fully saturated rings. The maximum Gasteiger partial charge on any atom is 0.349 e. The number of esters is 1. The monoisotopic (exact) mass is 349 g/mol. The molecule has 0 bridgehead atoms. The Bertz CT molecular complexity index is 890. The summed E-state index contributed by atoms with van der Waals surface area (Å²) in [5, 5.41) is 8.54. The van der Waals surface area contributed by atoms with E-state index < -0.39 is 46.1 Å². The van der Waals surface area contributed by atoms with Gasteiger partial charge < -0.3 is 4.74 Å². The van der Waals surface area contributed by atoms with Gasteiger partial charge in [0.05, 0.1) is 0 Å². The molecule has 2 aromatic rings. The van der Waals surface area contributed by atoms with Gasteiger partial charge in [0.1, 0.15) is 46.2 Å². The minimum atomic E-state index is -1.48. The zero-order chi connectivity index (χ0) is 17.9. The van der Waals surface area contributed by atoms with Gasteiger partial charge in [-0.15, -0.1) is 5.92 Å². The predicted octanol–water partition coefficient (Wildman–Crippen LogP) is 4.34. The van der Waals surface area contributed by atoms with E-state index in [1.54, 1.807) is 0 Å². The lowest BCUT2D eigenvalue weighted by atomic mass is 10.1. The van der Waals surface area contributed by atoms with Crippen molar-refractivity contribution in [2.45, 2.75) is 14.4 Å². The summed E-state index contributed by atoms with van der Waals surface area (Å²) in [5.41, 5.74) is -1.88. The van der Waals surface area contributed by atoms with Crippen LogP contribution < -0.4 is 4.74 Å². The molecule has 0 N–H and O–H groups in total. The molecule has 0 aliphatic rings. The lowest BCUT2D eigenvalue weighted by Gasteiger charge is -2.08. The first-order chi connectivity index (χ1) is 11.4. The second kappa shape index (κ2) is 7.98. The number of nitrogens with zero attached hydrogens (tertiary/aromatic N) is 1. The van der Waals surface area contributed by atoms with Crippen LogP contribution in [0.15, 0.2) is 24.3 Å². The fourth-order valence-electron chi connectivity index (χ4n) is 1.86. The van der Waals surface area contributed by atoms with Crippen LogP contribution in [-0.2, 0) is 0 Å². The molecule has 128 valence electrons. The molecule has 0 saturated heterocycles. The van der Waals surface area contributed by atoms with Crippen LogP contribution in [-0.4, -0.2) is 5.97 Å². The van der Waals surface area contributed by atoms with Crippen LogP contribution in [0.5, 0.6) is 5.75 Å². The highest BCUT2D eigenvalue weighted by Gasteiger charge is 2.22. The van der Waals surface area contributed by atoms with E-state index in [4.69, 9.17) is 5.26 Å². The lowest BCUT2D eigenvalue weighted by Crippen LogP contribution is -2.14. The van der Waals surface area contributed by atoms with Crippen molar-refractivity contribution in [2.24, 2.45) is 0 Å². The van der Waals surface area contributed by atoms with E-state index in [2.05, 4.69) is 16.6 Å². The molecule has 0 atom stereocenters. The first-order valence-corrected chi connectivity index (χ1v) is 6.40. The number of hydrogen-bond donors (Lipinski definition) is 0. The largest absolute Gasteiger partial charge is 0.423 e. The van der Waals surface area contributed by atoms with Gasteiger partial charge >= 0.3 is 5.97 Å². The fraction of sp³-hybridized carbons (Fsp3) is 0.111. The zero-order valence-corrected chi connectivity index (χ0v) is 12.1. The van der Waals surface area contributed by atoms with Crippen molar-refractivity contribution in [3.8, 4) is 23.7 Å². The molecule has 7 heteroatoms. The first kappa shape index (κ1) is 19.7. The molecule has 3 nitrogen and oxygen atoms in total. The Balaban J connectivity index is 0.00000312. The first-order valence-electron chi connectivity index (χ1n) is 6.40. The summed E-state index contributed by atoms with van der Waals surface area (Å²) in [7, 11) is 0. The highest BCUT2D eigenvalue weighted by molar-refractivity contribution is 5.91. The molecule has 2 aromatic carbocycles. The maximum atomic E-state index is 13.9. The summed E-state index contributed by atoms with van der Waals surface area (Å²) in [6.45, 7) is 1.46. The molecule has 0 unspecified atom stereocenters. The fourth-order valence-corrected chi connectivity index (χ4v) is 1.86. The van der Waals surface area contributed by atoms with Gasteiger partial charge in [-0.1, -0.05) is 13.3 Å². The quantitative estimate of drug-likeness (QED) is 0.351. The van der Waals surface area contributed by atoms with Crippen LogP contribution >= 0.6 is 0 Å². The van der Waals surface area contributed by atoms with Crippen molar-refractivity contribution in [3.63, 3.8) is 0 Å². The van der Waals surface area contributed by atoms with Gasteiger partial charge in [-0.3, -0.25) is 0 Å². The number of ether oxygens (including phenoxy) is 1. The van der Waals surface area contributed by atoms with Gasteiger partial charge in [-0.2, -0.15) is 5.26 Å². The van der Waals surface area contributed by atoms with Crippen molar-refractivity contribution < 1.29 is 27.1 Å². The van der Waals surface area contributed by atoms with Crippen molar-refractivity contribution >= 4 is 5.97 Å². The molecule has 0 aliphatic heterocycles. The van der Waals surface area contributed by atoms with Gasteiger partial charge in [0.25, 0.3) is 0 Å². The highest BCUT2D eigenvalue weighted by atomic mass is 19.1. The van der Waals surface area contributed by atoms with E-state index in [0.717, 1.165) is 12.1 Å². The van der Waals surface area contributed by atoms with Crippen LogP contribution in [0.3, 0.4) is 0 Å². The zero-order valence-electron chi connectivity index (χ0n) is 12.1. The lowest BCUT2D eigenvalue weighted by molar-refractivity contribution is 0.0724. The second-order valence-corrected chi connectivity index (χ2v) is 4.45. The summed E-state index contributed by atoms with van der Waals surface area (Å²) in [6, 6.07) is 4.07. The third kappa shape index (κ3) is 4.15. The second-order valence-electron chi connectivity index (χ2n) is 4.45. The normalized spacial score (nSPS) is 9.28. The molecule has 2 rings (SSSR count). The number of carbonyl (C=O) groups excluding carboxylic acids is 1. The van der Waals surface area contributed by atoms with Crippen LogP contribution in [0.4, 0.5) is 17.6 Å². The average Bonchev–Trinajstić information content (AvgIpc) is 2.46. The van der Waals surface area contributed by atoms with Gasteiger partial charge in [-0.25, -0.2) is 22.4 Å². The maximum absolute atomic E-state index is 13.9.